The lowest BCUT2D eigenvalue weighted by Gasteiger charge is -2.10. The van der Waals surface area contributed by atoms with Crippen LogP contribution in [0.15, 0.2) is 10.6 Å². The number of carbonyl (C=O) groups excluding carboxylic acids is 1. The van der Waals surface area contributed by atoms with E-state index < -0.39 is 0 Å². The molecule has 2 heterocycles. The Hall–Kier alpha value is -1.95. The number of aromatic nitrogens is 2. The van der Waals surface area contributed by atoms with Crippen molar-refractivity contribution in [1.82, 2.24) is 20.4 Å². The maximum absolute atomic E-state index is 12.3. The van der Waals surface area contributed by atoms with Gasteiger partial charge in [0.15, 0.2) is 0 Å². The second-order valence-electron chi connectivity index (χ2n) is 5.17. The molecular weight excluding hydrogens is 256 g/mol. The van der Waals surface area contributed by atoms with E-state index in [1.807, 2.05) is 27.9 Å². The summed E-state index contributed by atoms with van der Waals surface area (Å²) in [5.41, 5.74) is 2.43. The van der Waals surface area contributed by atoms with E-state index in [0.717, 1.165) is 18.7 Å². The summed E-state index contributed by atoms with van der Waals surface area (Å²) >= 11 is 0. The summed E-state index contributed by atoms with van der Waals surface area (Å²) in [6, 6.07) is 1.77. The molecule has 0 fully saturated rings. The van der Waals surface area contributed by atoms with Crippen LogP contribution in [0.4, 0.5) is 0 Å². The molecule has 6 heteroatoms. The summed E-state index contributed by atoms with van der Waals surface area (Å²) in [6.07, 6.45) is 0.911. The van der Waals surface area contributed by atoms with Crippen LogP contribution in [0.5, 0.6) is 0 Å². The first-order valence-corrected chi connectivity index (χ1v) is 6.65. The number of aryl methyl sites for hydroxylation is 2. The van der Waals surface area contributed by atoms with Crippen molar-refractivity contribution in [2.75, 3.05) is 27.2 Å². The number of nitrogens with one attached hydrogen (secondary N) is 1. The molecule has 0 atom stereocenters. The third-order valence-corrected chi connectivity index (χ3v) is 3.06. The van der Waals surface area contributed by atoms with Crippen LogP contribution in [-0.2, 0) is 0 Å². The van der Waals surface area contributed by atoms with Crippen LogP contribution in [0.1, 0.15) is 28.2 Å². The molecule has 2 rings (SSSR count). The van der Waals surface area contributed by atoms with Crippen LogP contribution in [-0.4, -0.2) is 48.1 Å². The van der Waals surface area contributed by atoms with Gasteiger partial charge in [-0.1, -0.05) is 5.16 Å². The number of hydrogen-bond donors (Lipinski definition) is 1. The lowest BCUT2D eigenvalue weighted by atomic mass is 10.1. The summed E-state index contributed by atoms with van der Waals surface area (Å²) in [4.78, 5) is 18.6. The van der Waals surface area contributed by atoms with Crippen molar-refractivity contribution in [1.29, 1.82) is 0 Å². The molecule has 2 aromatic heterocycles. The van der Waals surface area contributed by atoms with E-state index in [2.05, 4.69) is 20.4 Å². The van der Waals surface area contributed by atoms with E-state index in [0.29, 0.717) is 28.9 Å². The Kier molecular flexibility index (Phi) is 4.34. The Bertz CT molecular complexity index is 619. The molecule has 20 heavy (non-hydrogen) atoms. The van der Waals surface area contributed by atoms with Crippen LogP contribution in [0, 0.1) is 13.8 Å². The van der Waals surface area contributed by atoms with Crippen LogP contribution < -0.4 is 5.32 Å². The van der Waals surface area contributed by atoms with Gasteiger partial charge in [-0.25, -0.2) is 4.98 Å². The van der Waals surface area contributed by atoms with Crippen molar-refractivity contribution in [3.8, 4) is 0 Å². The first-order valence-electron chi connectivity index (χ1n) is 6.65. The number of hydrogen-bond acceptors (Lipinski definition) is 5. The average molecular weight is 276 g/mol. The largest absolute Gasteiger partial charge is 0.352 e. The Morgan fingerprint density at radius 2 is 2.15 bits per heavy atom. The fraction of sp³-hybridized carbons (Fsp3) is 0.500. The molecule has 0 aliphatic heterocycles. The molecule has 0 bridgehead atoms. The predicted molar refractivity (Wildman–Crippen MR) is 76.8 cm³/mol. The average Bonchev–Trinajstić information content (AvgIpc) is 2.74. The van der Waals surface area contributed by atoms with Gasteiger partial charge >= 0.3 is 0 Å². The molecule has 2 aromatic rings. The number of amides is 1. The zero-order valence-electron chi connectivity index (χ0n) is 12.4. The monoisotopic (exact) mass is 276 g/mol. The molecule has 108 valence electrons. The summed E-state index contributed by atoms with van der Waals surface area (Å²) in [5.74, 6) is -0.106. The van der Waals surface area contributed by atoms with Gasteiger partial charge in [-0.05, 0) is 47.0 Å². The van der Waals surface area contributed by atoms with Crippen molar-refractivity contribution in [2.24, 2.45) is 0 Å². The van der Waals surface area contributed by atoms with Crippen LogP contribution >= 0.6 is 0 Å². The van der Waals surface area contributed by atoms with Gasteiger partial charge in [-0.15, -0.1) is 0 Å². The topological polar surface area (TPSA) is 71.3 Å². The second kappa shape index (κ2) is 6.00. The number of carbonyl (C=O) groups is 1. The molecular formula is C14H20N4O2. The SMILES string of the molecule is Cc1cc(C(=O)NCCCN(C)C)c2c(C)noc2n1. The molecule has 1 amide bonds. The zero-order valence-corrected chi connectivity index (χ0v) is 12.4. The standard InChI is InChI=1S/C14H20N4O2/c1-9-8-11(12-10(2)17-20-14(12)16-9)13(19)15-6-5-7-18(3)4/h8H,5-7H2,1-4H3,(H,15,19). The molecule has 0 saturated heterocycles. The van der Waals surface area contributed by atoms with E-state index in [-0.39, 0.29) is 5.91 Å². The minimum absolute atomic E-state index is 0.106. The van der Waals surface area contributed by atoms with E-state index in [9.17, 15) is 4.79 Å². The predicted octanol–water partition coefficient (Wildman–Crippen LogP) is 1.52. The number of nitrogens with zero attached hydrogens (tertiary/aromatic N) is 3. The lowest BCUT2D eigenvalue weighted by molar-refractivity contribution is 0.0953. The fourth-order valence-corrected chi connectivity index (χ4v) is 2.09. The highest BCUT2D eigenvalue weighted by Gasteiger charge is 2.17. The van der Waals surface area contributed by atoms with Crippen molar-refractivity contribution >= 4 is 17.0 Å². The highest BCUT2D eigenvalue weighted by atomic mass is 16.5. The van der Waals surface area contributed by atoms with Crippen molar-refractivity contribution in [3.05, 3.63) is 23.0 Å². The molecule has 0 aromatic carbocycles. The van der Waals surface area contributed by atoms with Gasteiger partial charge in [0, 0.05) is 12.2 Å². The van der Waals surface area contributed by atoms with Crippen LogP contribution in [0.2, 0.25) is 0 Å². The normalized spacial score (nSPS) is 11.2. The van der Waals surface area contributed by atoms with Crippen molar-refractivity contribution in [2.45, 2.75) is 20.3 Å². The van der Waals surface area contributed by atoms with E-state index >= 15 is 0 Å². The van der Waals surface area contributed by atoms with Gasteiger partial charge < -0.3 is 14.7 Å². The van der Waals surface area contributed by atoms with Gasteiger partial charge in [0.05, 0.1) is 16.6 Å². The molecule has 0 unspecified atom stereocenters. The minimum atomic E-state index is -0.106. The Morgan fingerprint density at radius 3 is 2.85 bits per heavy atom. The molecule has 0 spiro atoms. The Morgan fingerprint density at radius 1 is 1.40 bits per heavy atom. The summed E-state index contributed by atoms with van der Waals surface area (Å²) in [6.45, 7) is 5.23. The maximum Gasteiger partial charge on any atom is 0.258 e. The van der Waals surface area contributed by atoms with Gasteiger partial charge in [0.25, 0.3) is 11.6 Å². The highest BCUT2D eigenvalue weighted by molar-refractivity contribution is 6.05. The summed E-state index contributed by atoms with van der Waals surface area (Å²) < 4.78 is 5.13. The quantitative estimate of drug-likeness (QED) is 0.838. The van der Waals surface area contributed by atoms with Gasteiger partial charge in [0.1, 0.15) is 0 Å². The number of fused-ring (bicyclic) bond motifs is 1. The molecule has 6 nitrogen and oxygen atoms in total. The minimum Gasteiger partial charge on any atom is -0.352 e. The van der Waals surface area contributed by atoms with E-state index in [4.69, 9.17) is 4.52 Å². The third kappa shape index (κ3) is 3.14. The highest BCUT2D eigenvalue weighted by Crippen LogP contribution is 2.21. The number of rotatable bonds is 5. The fourth-order valence-electron chi connectivity index (χ4n) is 2.09. The molecule has 1 N–H and O–H groups in total. The summed E-state index contributed by atoms with van der Waals surface area (Å²) in [5, 5.41) is 7.50. The Labute approximate surface area is 118 Å². The number of pyridine rings is 1. The first-order chi connectivity index (χ1) is 9.49. The van der Waals surface area contributed by atoms with E-state index in [1.165, 1.54) is 0 Å². The molecule has 0 aliphatic carbocycles. The third-order valence-electron chi connectivity index (χ3n) is 3.06. The zero-order chi connectivity index (χ0) is 14.7. The van der Waals surface area contributed by atoms with Crippen molar-refractivity contribution in [3.63, 3.8) is 0 Å². The van der Waals surface area contributed by atoms with E-state index in [1.54, 1.807) is 6.07 Å². The smallest absolute Gasteiger partial charge is 0.258 e. The maximum atomic E-state index is 12.3. The molecule has 0 radical (unpaired) electrons. The Balaban J connectivity index is 2.15. The van der Waals surface area contributed by atoms with Gasteiger partial charge in [-0.3, -0.25) is 4.79 Å². The lowest BCUT2D eigenvalue weighted by Crippen LogP contribution is -2.27. The van der Waals surface area contributed by atoms with Crippen molar-refractivity contribution < 1.29 is 9.32 Å². The summed E-state index contributed by atoms with van der Waals surface area (Å²) in [7, 11) is 4.02. The molecule has 0 aliphatic rings. The van der Waals surface area contributed by atoms with Gasteiger partial charge in [-0.2, -0.15) is 0 Å². The second-order valence-corrected chi connectivity index (χ2v) is 5.17. The van der Waals surface area contributed by atoms with Crippen LogP contribution in [0.25, 0.3) is 11.1 Å². The molecule has 0 saturated carbocycles. The first kappa shape index (κ1) is 14.5. The van der Waals surface area contributed by atoms with Gasteiger partial charge in [0.2, 0.25) is 0 Å². The van der Waals surface area contributed by atoms with Crippen LogP contribution in [0.3, 0.4) is 0 Å².